The number of nitrogens with one attached hydrogen (secondary N) is 1. The fourth-order valence-electron chi connectivity index (χ4n) is 4.76. The number of pyridine rings is 1. The van der Waals surface area contributed by atoms with Gasteiger partial charge >= 0.3 is 0 Å². The lowest BCUT2D eigenvalue weighted by atomic mass is 9.83. The molecule has 2 aliphatic heterocycles. The van der Waals surface area contributed by atoms with Crippen molar-refractivity contribution in [1.29, 1.82) is 0 Å². The molecule has 9 nitrogen and oxygen atoms in total. The predicted molar refractivity (Wildman–Crippen MR) is 115 cm³/mol. The minimum Gasteiger partial charge on any atom is -0.326 e. The topological polar surface area (TPSA) is 97.9 Å². The van der Waals surface area contributed by atoms with Crippen LogP contribution in [0, 0.1) is 5.92 Å². The summed E-state index contributed by atoms with van der Waals surface area (Å²) in [7, 11) is 1.72. The molecule has 1 amide bonds. The van der Waals surface area contributed by atoms with Crippen molar-refractivity contribution in [1.82, 2.24) is 29.7 Å². The van der Waals surface area contributed by atoms with Crippen molar-refractivity contribution in [2.75, 3.05) is 25.0 Å². The average Bonchev–Trinajstić information content (AvgIpc) is 3.20. The van der Waals surface area contributed by atoms with Crippen LogP contribution in [0.3, 0.4) is 0 Å². The smallest absolute Gasteiger partial charge is 0.250 e. The molecule has 2 atom stereocenters. The molecule has 0 unspecified atom stereocenters. The van der Waals surface area contributed by atoms with E-state index in [1.807, 2.05) is 34.9 Å². The Labute approximate surface area is 179 Å². The van der Waals surface area contributed by atoms with Gasteiger partial charge in [0.15, 0.2) is 0 Å². The van der Waals surface area contributed by atoms with E-state index in [4.69, 9.17) is 0 Å². The zero-order valence-electron chi connectivity index (χ0n) is 17.4. The summed E-state index contributed by atoms with van der Waals surface area (Å²) in [5.74, 6) is 1.39. The molecule has 1 saturated heterocycles. The summed E-state index contributed by atoms with van der Waals surface area (Å²) in [4.78, 5) is 28.4. The molecule has 31 heavy (non-hydrogen) atoms. The van der Waals surface area contributed by atoms with Crippen molar-refractivity contribution < 1.29 is 4.79 Å². The van der Waals surface area contributed by atoms with Crippen LogP contribution in [0.1, 0.15) is 24.5 Å². The van der Waals surface area contributed by atoms with Gasteiger partial charge in [-0.25, -0.2) is 0 Å². The van der Waals surface area contributed by atoms with Crippen LogP contribution in [-0.4, -0.2) is 55.2 Å². The lowest BCUT2D eigenvalue weighted by molar-refractivity contribution is -0.116. The molecule has 4 heterocycles. The number of anilines is 1. The highest BCUT2D eigenvalue weighted by molar-refractivity contribution is 5.91. The van der Waals surface area contributed by atoms with Crippen molar-refractivity contribution in [3.8, 4) is 11.4 Å². The van der Waals surface area contributed by atoms with Crippen LogP contribution in [0.25, 0.3) is 11.4 Å². The number of amides is 1. The van der Waals surface area contributed by atoms with Crippen LogP contribution in [0.5, 0.6) is 0 Å². The fourth-order valence-corrected chi connectivity index (χ4v) is 4.76. The third-order valence-electron chi connectivity index (χ3n) is 6.15. The lowest BCUT2D eigenvalue weighted by Gasteiger charge is -2.42. The molecule has 160 valence electrons. The van der Waals surface area contributed by atoms with Gasteiger partial charge in [0.2, 0.25) is 11.7 Å². The highest BCUT2D eigenvalue weighted by atomic mass is 16.1. The van der Waals surface area contributed by atoms with Crippen molar-refractivity contribution >= 4 is 11.6 Å². The second-order valence-corrected chi connectivity index (χ2v) is 8.44. The predicted octanol–water partition coefficient (Wildman–Crippen LogP) is 1.49. The summed E-state index contributed by atoms with van der Waals surface area (Å²) < 4.78 is 1.93. The molecular weight excluding hydrogens is 394 g/mol. The van der Waals surface area contributed by atoms with E-state index in [-0.39, 0.29) is 11.5 Å². The van der Waals surface area contributed by atoms with E-state index in [1.54, 1.807) is 13.1 Å². The number of aromatic nitrogens is 5. The first-order valence-corrected chi connectivity index (χ1v) is 10.6. The third-order valence-corrected chi connectivity index (χ3v) is 6.15. The number of rotatable bonds is 5. The van der Waals surface area contributed by atoms with Gasteiger partial charge in [-0.2, -0.15) is 4.80 Å². The lowest BCUT2D eigenvalue weighted by Crippen LogP contribution is -2.47. The number of aryl methyl sites for hydroxylation is 1. The van der Waals surface area contributed by atoms with E-state index in [0.717, 1.165) is 49.5 Å². The van der Waals surface area contributed by atoms with Crippen LogP contribution in [0.4, 0.5) is 5.69 Å². The number of piperidine rings is 1. The third kappa shape index (κ3) is 4.13. The van der Waals surface area contributed by atoms with Crippen LogP contribution in [0.15, 0.2) is 47.3 Å². The number of tetrazole rings is 1. The van der Waals surface area contributed by atoms with Gasteiger partial charge in [0.25, 0.3) is 5.56 Å². The molecule has 1 fully saturated rings. The Bertz CT molecular complexity index is 1150. The molecule has 2 aromatic heterocycles. The first kappa shape index (κ1) is 19.6. The van der Waals surface area contributed by atoms with Crippen LogP contribution < -0.4 is 10.9 Å². The van der Waals surface area contributed by atoms with Crippen LogP contribution in [0.2, 0.25) is 0 Å². The number of nitrogens with zero attached hydrogens (tertiary/aromatic N) is 6. The standard InChI is InChI=1S/C22H25N7O2/c1-27-25-22(24-26-27)16-5-7-18(8-6-16)23-20(30)9-10-28-12-15-11-17(14-28)19-3-2-4-21(31)29(19)13-15/h2-8,15,17H,9-14H2,1H3,(H,23,30)/t15-,17+/m0/s1. The number of fused-ring (bicyclic) bond motifs is 4. The first-order chi connectivity index (χ1) is 15.0. The van der Waals surface area contributed by atoms with Gasteiger partial charge in [0.1, 0.15) is 0 Å². The Kier molecular flexibility index (Phi) is 5.11. The second-order valence-electron chi connectivity index (χ2n) is 8.44. The molecule has 1 aromatic carbocycles. The van der Waals surface area contributed by atoms with E-state index >= 15 is 0 Å². The van der Waals surface area contributed by atoms with Gasteiger partial charge in [0.05, 0.1) is 7.05 Å². The Hall–Kier alpha value is -3.33. The second kappa shape index (κ2) is 8.07. The molecule has 3 aromatic rings. The highest BCUT2D eigenvalue weighted by Gasteiger charge is 2.34. The van der Waals surface area contributed by atoms with Gasteiger partial charge in [0, 0.05) is 61.5 Å². The number of carbonyl (C=O) groups excluding carboxylic acids is 1. The number of benzene rings is 1. The molecule has 2 aliphatic rings. The summed E-state index contributed by atoms with van der Waals surface area (Å²) in [5, 5.41) is 15.0. The minimum absolute atomic E-state index is 0.00210. The summed E-state index contributed by atoms with van der Waals surface area (Å²) in [6.45, 7) is 3.33. The van der Waals surface area contributed by atoms with Gasteiger partial charge in [-0.1, -0.05) is 6.07 Å². The molecule has 0 radical (unpaired) electrons. The van der Waals surface area contributed by atoms with Crippen molar-refractivity contribution in [2.24, 2.45) is 13.0 Å². The van der Waals surface area contributed by atoms with Crippen LogP contribution in [-0.2, 0) is 18.4 Å². The molecule has 5 rings (SSSR count). The SMILES string of the molecule is Cn1nnc(-c2ccc(NC(=O)CCN3C[C@@H]4C[C@H](C3)c3cccc(=O)n3C4)cc2)n1. The quantitative estimate of drug-likeness (QED) is 0.673. The Morgan fingerprint density at radius 1 is 1.13 bits per heavy atom. The Morgan fingerprint density at radius 3 is 2.74 bits per heavy atom. The molecule has 0 spiro atoms. The van der Waals surface area contributed by atoms with Gasteiger partial charge in [-0.3, -0.25) is 9.59 Å². The van der Waals surface area contributed by atoms with E-state index in [9.17, 15) is 9.59 Å². The summed E-state index contributed by atoms with van der Waals surface area (Å²) in [6.07, 6.45) is 1.56. The highest BCUT2D eigenvalue weighted by Crippen LogP contribution is 2.34. The Morgan fingerprint density at radius 2 is 1.97 bits per heavy atom. The number of likely N-dealkylation sites (tertiary alicyclic amines) is 1. The van der Waals surface area contributed by atoms with E-state index in [0.29, 0.717) is 24.1 Å². The molecule has 0 aliphatic carbocycles. The van der Waals surface area contributed by atoms with E-state index in [2.05, 4.69) is 31.7 Å². The van der Waals surface area contributed by atoms with Gasteiger partial charge in [-0.15, -0.1) is 10.2 Å². The van der Waals surface area contributed by atoms with Gasteiger partial charge < -0.3 is 14.8 Å². The van der Waals surface area contributed by atoms with Crippen molar-refractivity contribution in [3.05, 3.63) is 58.5 Å². The van der Waals surface area contributed by atoms with Crippen molar-refractivity contribution in [3.63, 3.8) is 0 Å². The minimum atomic E-state index is -0.00210. The molecular formula is C22H25N7O2. The summed E-state index contributed by atoms with van der Waals surface area (Å²) in [5.41, 5.74) is 2.84. The fraction of sp³-hybridized carbons (Fsp3) is 0.409. The number of hydrogen-bond acceptors (Lipinski definition) is 6. The number of carbonyl (C=O) groups is 1. The molecule has 9 heteroatoms. The van der Waals surface area contributed by atoms with E-state index in [1.165, 1.54) is 4.80 Å². The zero-order valence-corrected chi connectivity index (χ0v) is 17.4. The Balaban J connectivity index is 1.16. The zero-order chi connectivity index (χ0) is 21.4. The molecule has 1 N–H and O–H groups in total. The summed E-state index contributed by atoms with van der Waals surface area (Å²) in [6, 6.07) is 13.0. The monoisotopic (exact) mass is 419 g/mol. The maximum Gasteiger partial charge on any atom is 0.250 e. The van der Waals surface area contributed by atoms with Crippen molar-refractivity contribution in [2.45, 2.75) is 25.3 Å². The average molecular weight is 419 g/mol. The molecule has 0 saturated carbocycles. The normalized spacial score (nSPS) is 20.3. The maximum absolute atomic E-state index is 12.5. The number of hydrogen-bond donors (Lipinski definition) is 1. The molecule has 2 bridgehead atoms. The largest absolute Gasteiger partial charge is 0.326 e. The van der Waals surface area contributed by atoms with E-state index < -0.39 is 0 Å². The van der Waals surface area contributed by atoms with Gasteiger partial charge in [-0.05, 0) is 47.9 Å². The maximum atomic E-state index is 12.5. The first-order valence-electron chi connectivity index (χ1n) is 10.6. The van der Waals surface area contributed by atoms with Crippen LogP contribution >= 0.6 is 0 Å². The summed E-state index contributed by atoms with van der Waals surface area (Å²) >= 11 is 0.